The molecule has 0 unspecified atom stereocenters. The smallest absolute Gasteiger partial charge is 0.326 e. The quantitative estimate of drug-likeness (QED) is 0.814. The zero-order valence-corrected chi connectivity index (χ0v) is 13.6. The first-order chi connectivity index (χ1) is 10.5. The minimum atomic E-state index is -0.636. The van der Waals surface area contributed by atoms with E-state index in [0.29, 0.717) is 28.0 Å². The van der Waals surface area contributed by atoms with Gasteiger partial charge >= 0.3 is 5.97 Å². The van der Waals surface area contributed by atoms with Crippen molar-refractivity contribution in [2.45, 2.75) is 0 Å². The second kappa shape index (κ2) is 7.71. The molecule has 118 valence electrons. The lowest BCUT2D eigenvalue weighted by Gasteiger charge is -2.13. The van der Waals surface area contributed by atoms with Crippen LogP contribution in [0, 0.1) is 0 Å². The standard InChI is InChI=1S/C13H12Cl2N2O4S/c14-8-1-2-9(15)10(5-8)16-11(18)7-21-12(19)6-17-3-4-22-13(17)20/h1-2,5H,3-4,6-7H2,(H,16,18). The van der Waals surface area contributed by atoms with Gasteiger partial charge in [0.25, 0.3) is 11.1 Å². The maximum atomic E-state index is 11.7. The van der Waals surface area contributed by atoms with E-state index in [1.165, 1.54) is 11.0 Å². The fourth-order valence-electron chi connectivity index (χ4n) is 1.70. The van der Waals surface area contributed by atoms with Crippen LogP contribution < -0.4 is 5.32 Å². The van der Waals surface area contributed by atoms with Crippen LogP contribution in [0.4, 0.5) is 10.5 Å². The molecule has 2 amide bonds. The largest absolute Gasteiger partial charge is 0.454 e. The molecular weight excluding hydrogens is 351 g/mol. The number of ether oxygens (including phenoxy) is 1. The van der Waals surface area contributed by atoms with Gasteiger partial charge in [-0.15, -0.1) is 0 Å². The van der Waals surface area contributed by atoms with E-state index in [-0.39, 0.29) is 11.8 Å². The van der Waals surface area contributed by atoms with Gasteiger partial charge in [0.2, 0.25) is 0 Å². The number of hydrogen-bond acceptors (Lipinski definition) is 5. The van der Waals surface area contributed by atoms with Gasteiger partial charge in [-0.1, -0.05) is 35.0 Å². The molecule has 1 N–H and O–H groups in total. The molecule has 1 saturated heterocycles. The number of halogens is 2. The molecule has 1 aliphatic rings. The van der Waals surface area contributed by atoms with Gasteiger partial charge in [-0.25, -0.2) is 0 Å². The molecule has 0 radical (unpaired) electrons. The molecule has 0 aliphatic carbocycles. The van der Waals surface area contributed by atoms with Gasteiger partial charge in [0.05, 0.1) is 10.7 Å². The second-order valence-corrected chi connectivity index (χ2v) is 6.26. The van der Waals surface area contributed by atoms with Crippen LogP contribution >= 0.6 is 35.0 Å². The Hall–Kier alpha value is -1.44. The summed E-state index contributed by atoms with van der Waals surface area (Å²) in [5, 5.41) is 3.07. The Bertz CT molecular complexity index is 612. The molecule has 0 spiro atoms. The summed E-state index contributed by atoms with van der Waals surface area (Å²) >= 11 is 12.9. The van der Waals surface area contributed by atoms with Crippen LogP contribution in [0.3, 0.4) is 0 Å². The molecule has 0 saturated carbocycles. The fraction of sp³-hybridized carbons (Fsp3) is 0.308. The predicted octanol–water partition coefficient (Wildman–Crippen LogP) is 2.64. The fourth-order valence-corrected chi connectivity index (χ4v) is 2.86. The summed E-state index contributed by atoms with van der Waals surface area (Å²) in [5.74, 6) is -0.525. The molecule has 0 aromatic heterocycles. The number of carbonyl (C=O) groups excluding carboxylic acids is 3. The molecule has 0 bridgehead atoms. The van der Waals surface area contributed by atoms with Crippen molar-refractivity contribution in [3.8, 4) is 0 Å². The van der Waals surface area contributed by atoms with Crippen LogP contribution in [0.1, 0.15) is 0 Å². The molecule has 1 aliphatic heterocycles. The lowest BCUT2D eigenvalue weighted by Crippen LogP contribution is -2.32. The molecule has 1 aromatic carbocycles. The molecule has 9 heteroatoms. The number of rotatable bonds is 5. The third kappa shape index (κ3) is 4.79. The Morgan fingerprint density at radius 3 is 2.82 bits per heavy atom. The Balaban J connectivity index is 1.78. The van der Waals surface area contributed by atoms with E-state index < -0.39 is 18.5 Å². The number of nitrogens with one attached hydrogen (secondary N) is 1. The number of carbonyl (C=O) groups is 3. The Kier molecular flexibility index (Phi) is 5.93. The Morgan fingerprint density at radius 2 is 2.14 bits per heavy atom. The number of nitrogens with zero attached hydrogens (tertiary/aromatic N) is 1. The maximum Gasteiger partial charge on any atom is 0.326 e. The summed E-state index contributed by atoms with van der Waals surface area (Å²) in [6.45, 7) is -0.114. The van der Waals surface area contributed by atoms with Crippen molar-refractivity contribution in [1.82, 2.24) is 4.90 Å². The van der Waals surface area contributed by atoms with E-state index in [0.717, 1.165) is 11.8 Å². The topological polar surface area (TPSA) is 75.7 Å². The molecule has 1 heterocycles. The maximum absolute atomic E-state index is 11.7. The van der Waals surface area contributed by atoms with E-state index in [1.54, 1.807) is 12.1 Å². The number of hydrogen-bond donors (Lipinski definition) is 1. The van der Waals surface area contributed by atoms with Crippen LogP contribution in [-0.4, -0.2) is 47.5 Å². The third-order valence-electron chi connectivity index (χ3n) is 2.73. The first kappa shape index (κ1) is 16.9. The average molecular weight is 363 g/mol. The number of amides is 2. The predicted molar refractivity (Wildman–Crippen MR) is 85.5 cm³/mol. The summed E-state index contributed by atoms with van der Waals surface area (Å²) in [6, 6.07) is 4.62. The lowest BCUT2D eigenvalue weighted by atomic mass is 10.3. The lowest BCUT2D eigenvalue weighted by molar-refractivity contribution is -0.147. The first-order valence-corrected chi connectivity index (χ1v) is 8.02. The van der Waals surface area contributed by atoms with E-state index >= 15 is 0 Å². The van der Waals surface area contributed by atoms with Crippen molar-refractivity contribution in [1.29, 1.82) is 0 Å². The molecule has 2 rings (SSSR count). The van der Waals surface area contributed by atoms with Crippen molar-refractivity contribution in [2.75, 3.05) is 30.8 Å². The van der Waals surface area contributed by atoms with Crippen LogP contribution in [0.25, 0.3) is 0 Å². The van der Waals surface area contributed by atoms with Gasteiger partial charge in [-0.2, -0.15) is 0 Å². The van der Waals surface area contributed by atoms with Crippen molar-refractivity contribution in [3.63, 3.8) is 0 Å². The van der Waals surface area contributed by atoms with Crippen molar-refractivity contribution in [2.24, 2.45) is 0 Å². The highest BCUT2D eigenvalue weighted by Crippen LogP contribution is 2.25. The summed E-state index contributed by atoms with van der Waals surface area (Å²) < 4.78 is 4.83. The monoisotopic (exact) mass is 362 g/mol. The van der Waals surface area contributed by atoms with Crippen LogP contribution in [0.2, 0.25) is 10.0 Å². The molecule has 22 heavy (non-hydrogen) atoms. The summed E-state index contributed by atoms with van der Waals surface area (Å²) in [5.41, 5.74) is 0.335. The average Bonchev–Trinajstić information content (AvgIpc) is 2.86. The number of esters is 1. The van der Waals surface area contributed by atoms with Gasteiger partial charge in [-0.3, -0.25) is 14.4 Å². The van der Waals surface area contributed by atoms with Crippen molar-refractivity contribution in [3.05, 3.63) is 28.2 Å². The van der Waals surface area contributed by atoms with Crippen LogP contribution in [-0.2, 0) is 14.3 Å². The minimum absolute atomic E-state index is 0.156. The minimum Gasteiger partial charge on any atom is -0.454 e. The molecule has 1 fully saturated rings. The highest BCUT2D eigenvalue weighted by atomic mass is 35.5. The van der Waals surface area contributed by atoms with Gasteiger partial charge in [0.15, 0.2) is 6.61 Å². The van der Waals surface area contributed by atoms with Crippen LogP contribution in [0.15, 0.2) is 18.2 Å². The van der Waals surface area contributed by atoms with E-state index in [1.807, 2.05) is 0 Å². The van der Waals surface area contributed by atoms with E-state index in [2.05, 4.69) is 5.32 Å². The normalized spacial score (nSPS) is 14.1. The van der Waals surface area contributed by atoms with Gasteiger partial charge in [-0.05, 0) is 18.2 Å². The second-order valence-electron chi connectivity index (χ2n) is 4.37. The molecule has 6 nitrogen and oxygen atoms in total. The zero-order valence-electron chi connectivity index (χ0n) is 11.3. The summed E-state index contributed by atoms with van der Waals surface area (Å²) in [6.07, 6.45) is 0. The highest BCUT2D eigenvalue weighted by molar-refractivity contribution is 8.13. The van der Waals surface area contributed by atoms with Gasteiger partial charge in [0.1, 0.15) is 6.54 Å². The number of thioether (sulfide) groups is 1. The van der Waals surface area contributed by atoms with Crippen molar-refractivity contribution < 1.29 is 19.1 Å². The van der Waals surface area contributed by atoms with E-state index in [4.69, 9.17) is 27.9 Å². The Labute approximate surface area is 141 Å². The zero-order chi connectivity index (χ0) is 16.1. The first-order valence-electron chi connectivity index (χ1n) is 6.28. The van der Waals surface area contributed by atoms with Gasteiger partial charge < -0.3 is 15.0 Å². The van der Waals surface area contributed by atoms with Crippen molar-refractivity contribution >= 4 is 57.8 Å². The third-order valence-corrected chi connectivity index (χ3v) is 4.19. The Morgan fingerprint density at radius 1 is 1.36 bits per heavy atom. The number of anilines is 1. The molecule has 1 aromatic rings. The highest BCUT2D eigenvalue weighted by Gasteiger charge is 2.24. The van der Waals surface area contributed by atoms with E-state index in [9.17, 15) is 14.4 Å². The number of benzene rings is 1. The van der Waals surface area contributed by atoms with Gasteiger partial charge in [0, 0.05) is 17.3 Å². The molecular formula is C13H12Cl2N2O4S. The van der Waals surface area contributed by atoms with Crippen LogP contribution in [0.5, 0.6) is 0 Å². The molecule has 0 atom stereocenters. The summed E-state index contributed by atoms with van der Waals surface area (Å²) in [7, 11) is 0. The SMILES string of the molecule is O=C(COC(=O)CN1CCSC1=O)Nc1cc(Cl)ccc1Cl. The summed E-state index contributed by atoms with van der Waals surface area (Å²) in [4.78, 5) is 36.0.